The van der Waals surface area contributed by atoms with Crippen molar-refractivity contribution >= 4 is 15.9 Å². The maximum absolute atomic E-state index is 13.4. The molecular weight excluding hydrogens is 257 g/mol. The highest BCUT2D eigenvalue weighted by atomic mass is 79.9. The van der Waals surface area contributed by atoms with Crippen LogP contribution in [0, 0.1) is 18.7 Å². The van der Waals surface area contributed by atoms with Crippen molar-refractivity contribution in [3.63, 3.8) is 0 Å². The van der Waals surface area contributed by atoms with Crippen LogP contribution in [0.3, 0.4) is 0 Å². The van der Waals surface area contributed by atoms with Gasteiger partial charge in [-0.2, -0.15) is 0 Å². The second kappa shape index (κ2) is 4.62. The van der Waals surface area contributed by atoms with Gasteiger partial charge in [-0.15, -0.1) is 0 Å². The second-order valence-electron chi connectivity index (χ2n) is 4.22. The molecule has 2 rings (SSSR count). The molecule has 15 heavy (non-hydrogen) atoms. The van der Waals surface area contributed by atoms with Gasteiger partial charge in [0.25, 0.3) is 0 Å². The fourth-order valence-electron chi connectivity index (χ4n) is 2.12. The van der Waals surface area contributed by atoms with E-state index in [2.05, 4.69) is 21.2 Å². The van der Waals surface area contributed by atoms with Gasteiger partial charge in [0.1, 0.15) is 5.82 Å². The fraction of sp³-hybridized carbons (Fsp3) is 0.500. The van der Waals surface area contributed by atoms with E-state index in [4.69, 9.17) is 0 Å². The molecule has 1 heterocycles. The van der Waals surface area contributed by atoms with Crippen LogP contribution in [0.1, 0.15) is 17.5 Å². The molecule has 1 aliphatic heterocycles. The van der Waals surface area contributed by atoms with E-state index in [-0.39, 0.29) is 5.82 Å². The van der Waals surface area contributed by atoms with Crippen molar-refractivity contribution < 1.29 is 4.39 Å². The largest absolute Gasteiger partial charge is 0.316 e. The highest BCUT2D eigenvalue weighted by Gasteiger charge is 2.18. The molecule has 0 radical (unpaired) electrons. The lowest BCUT2D eigenvalue weighted by molar-refractivity contribution is 0.567. The Morgan fingerprint density at radius 2 is 2.33 bits per heavy atom. The molecule has 0 saturated carbocycles. The number of rotatable bonds is 2. The Morgan fingerprint density at radius 1 is 1.53 bits per heavy atom. The molecule has 1 saturated heterocycles. The predicted octanol–water partition coefficient (Wildman–Crippen LogP) is 3.05. The minimum atomic E-state index is -0.151. The Morgan fingerprint density at radius 3 is 3.00 bits per heavy atom. The molecule has 0 aliphatic carbocycles. The molecule has 1 aromatic carbocycles. The van der Waals surface area contributed by atoms with Gasteiger partial charge in [-0.05, 0) is 71.9 Å². The SMILES string of the molecule is Cc1ccc(F)c(Br)c1CC1CCNC1. The van der Waals surface area contributed by atoms with Gasteiger partial charge in [0.05, 0.1) is 4.47 Å². The third kappa shape index (κ3) is 2.40. The summed E-state index contributed by atoms with van der Waals surface area (Å²) >= 11 is 3.34. The van der Waals surface area contributed by atoms with Gasteiger partial charge in [-0.25, -0.2) is 4.39 Å². The van der Waals surface area contributed by atoms with E-state index in [1.807, 2.05) is 13.0 Å². The Labute approximate surface area is 98.2 Å². The average molecular weight is 272 g/mol. The smallest absolute Gasteiger partial charge is 0.137 e. The summed E-state index contributed by atoms with van der Waals surface area (Å²) < 4.78 is 14.0. The third-order valence-corrected chi connectivity index (χ3v) is 3.94. The van der Waals surface area contributed by atoms with Crippen molar-refractivity contribution in [2.75, 3.05) is 13.1 Å². The summed E-state index contributed by atoms with van der Waals surface area (Å²) in [5, 5.41) is 3.34. The third-order valence-electron chi connectivity index (χ3n) is 3.09. The van der Waals surface area contributed by atoms with Gasteiger partial charge in [0, 0.05) is 0 Å². The van der Waals surface area contributed by atoms with E-state index >= 15 is 0 Å². The van der Waals surface area contributed by atoms with Crippen molar-refractivity contribution in [3.8, 4) is 0 Å². The van der Waals surface area contributed by atoms with Gasteiger partial charge >= 0.3 is 0 Å². The van der Waals surface area contributed by atoms with Crippen LogP contribution < -0.4 is 5.32 Å². The number of benzene rings is 1. The highest BCUT2D eigenvalue weighted by molar-refractivity contribution is 9.10. The second-order valence-corrected chi connectivity index (χ2v) is 5.01. The first-order valence-electron chi connectivity index (χ1n) is 5.32. The summed E-state index contributed by atoms with van der Waals surface area (Å²) in [6.07, 6.45) is 2.17. The van der Waals surface area contributed by atoms with E-state index in [1.54, 1.807) is 0 Å². The van der Waals surface area contributed by atoms with Crippen LogP contribution in [0.15, 0.2) is 16.6 Å². The minimum absolute atomic E-state index is 0.151. The van der Waals surface area contributed by atoms with E-state index < -0.39 is 0 Å². The Hall–Kier alpha value is -0.410. The number of nitrogens with one attached hydrogen (secondary N) is 1. The first kappa shape index (κ1) is 11.1. The summed E-state index contributed by atoms with van der Waals surface area (Å²) in [6.45, 7) is 4.20. The summed E-state index contributed by atoms with van der Waals surface area (Å²) in [4.78, 5) is 0. The standard InChI is InChI=1S/C12H15BrFN/c1-8-2-3-11(14)12(13)10(8)6-9-4-5-15-7-9/h2-3,9,15H,4-7H2,1H3. The predicted molar refractivity (Wildman–Crippen MR) is 63.5 cm³/mol. The molecule has 0 aromatic heterocycles. The molecule has 3 heteroatoms. The maximum atomic E-state index is 13.4. The van der Waals surface area contributed by atoms with E-state index in [1.165, 1.54) is 18.1 Å². The van der Waals surface area contributed by atoms with Crippen molar-refractivity contribution in [3.05, 3.63) is 33.5 Å². The van der Waals surface area contributed by atoms with Crippen LogP contribution >= 0.6 is 15.9 Å². The van der Waals surface area contributed by atoms with Crippen LogP contribution in [0.2, 0.25) is 0 Å². The van der Waals surface area contributed by atoms with Crippen molar-refractivity contribution in [2.45, 2.75) is 19.8 Å². The van der Waals surface area contributed by atoms with Crippen LogP contribution in [0.5, 0.6) is 0 Å². The zero-order valence-corrected chi connectivity index (χ0v) is 10.4. The van der Waals surface area contributed by atoms with Gasteiger partial charge < -0.3 is 5.32 Å². The Kier molecular flexibility index (Phi) is 3.42. The fourth-order valence-corrected chi connectivity index (χ4v) is 2.72. The number of halogens is 2. The van der Waals surface area contributed by atoms with Gasteiger partial charge in [-0.1, -0.05) is 6.07 Å². The first-order valence-corrected chi connectivity index (χ1v) is 6.12. The molecule has 1 N–H and O–H groups in total. The van der Waals surface area contributed by atoms with Gasteiger partial charge in [-0.3, -0.25) is 0 Å². The normalized spacial score (nSPS) is 20.9. The minimum Gasteiger partial charge on any atom is -0.316 e. The van der Waals surface area contributed by atoms with Crippen LogP contribution in [0.25, 0.3) is 0 Å². The zero-order valence-electron chi connectivity index (χ0n) is 8.82. The summed E-state index contributed by atoms with van der Waals surface area (Å²) in [6, 6.07) is 3.38. The lowest BCUT2D eigenvalue weighted by Gasteiger charge is -2.13. The van der Waals surface area contributed by atoms with Crippen molar-refractivity contribution in [1.82, 2.24) is 5.32 Å². The van der Waals surface area contributed by atoms with Crippen LogP contribution in [-0.2, 0) is 6.42 Å². The van der Waals surface area contributed by atoms with E-state index in [0.717, 1.165) is 25.1 Å². The molecule has 1 fully saturated rings. The molecule has 1 nitrogen and oxygen atoms in total. The maximum Gasteiger partial charge on any atom is 0.137 e. The zero-order chi connectivity index (χ0) is 10.8. The molecule has 82 valence electrons. The van der Waals surface area contributed by atoms with Crippen molar-refractivity contribution in [2.24, 2.45) is 5.92 Å². The molecule has 0 spiro atoms. The lowest BCUT2D eigenvalue weighted by atomic mass is 9.95. The lowest BCUT2D eigenvalue weighted by Crippen LogP contribution is -2.11. The average Bonchev–Trinajstić information content (AvgIpc) is 2.71. The topological polar surface area (TPSA) is 12.0 Å². The van der Waals surface area contributed by atoms with Crippen LogP contribution in [-0.4, -0.2) is 13.1 Å². The number of hydrogen-bond donors (Lipinski definition) is 1. The molecule has 0 bridgehead atoms. The molecule has 1 atom stereocenters. The highest BCUT2D eigenvalue weighted by Crippen LogP contribution is 2.27. The molecule has 1 unspecified atom stereocenters. The molecule has 1 aliphatic rings. The molecule has 1 aromatic rings. The summed E-state index contributed by atoms with van der Waals surface area (Å²) in [5.74, 6) is 0.503. The van der Waals surface area contributed by atoms with E-state index in [0.29, 0.717) is 10.4 Å². The van der Waals surface area contributed by atoms with E-state index in [9.17, 15) is 4.39 Å². The molecule has 0 amide bonds. The Balaban J connectivity index is 2.22. The van der Waals surface area contributed by atoms with Crippen molar-refractivity contribution in [1.29, 1.82) is 0 Å². The Bertz CT molecular complexity index is 359. The number of aryl methyl sites for hydroxylation is 1. The summed E-state index contributed by atoms with van der Waals surface area (Å²) in [5.41, 5.74) is 2.30. The number of hydrogen-bond acceptors (Lipinski definition) is 1. The van der Waals surface area contributed by atoms with Gasteiger partial charge in [0.2, 0.25) is 0 Å². The monoisotopic (exact) mass is 271 g/mol. The quantitative estimate of drug-likeness (QED) is 0.872. The first-order chi connectivity index (χ1) is 7.18. The van der Waals surface area contributed by atoms with Gasteiger partial charge in [0.15, 0.2) is 0 Å². The van der Waals surface area contributed by atoms with Crippen LogP contribution in [0.4, 0.5) is 4.39 Å². The summed E-state index contributed by atoms with van der Waals surface area (Å²) in [7, 11) is 0. The molecular formula is C12H15BrFN.